The molecule has 20 heavy (non-hydrogen) atoms. The van der Waals surface area contributed by atoms with Gasteiger partial charge in [-0.2, -0.15) is 0 Å². The van der Waals surface area contributed by atoms with Crippen LogP contribution in [0, 0.1) is 11.8 Å². The lowest BCUT2D eigenvalue weighted by atomic mass is 10.3. The van der Waals surface area contributed by atoms with E-state index in [1.165, 1.54) is 16.2 Å². The fraction of sp³-hybridized carbons (Fsp3) is 0.429. The van der Waals surface area contributed by atoms with Gasteiger partial charge in [0.25, 0.3) is 5.91 Å². The summed E-state index contributed by atoms with van der Waals surface area (Å²) < 4.78 is 0. The van der Waals surface area contributed by atoms with Crippen LogP contribution in [-0.2, 0) is 4.79 Å². The van der Waals surface area contributed by atoms with Crippen molar-refractivity contribution in [1.29, 1.82) is 0 Å². The molecule has 0 bridgehead atoms. The molecule has 1 aliphatic carbocycles. The number of nitrogens with one attached hydrogen (secondary N) is 1. The predicted octanol–water partition coefficient (Wildman–Crippen LogP) is 0.409. The fourth-order valence-corrected chi connectivity index (χ4v) is 2.51. The largest absolute Gasteiger partial charge is 0.352 e. The number of carbonyl (C=O) groups excluding carboxylic acids is 2. The summed E-state index contributed by atoms with van der Waals surface area (Å²) in [7, 11) is 1.62. The average molecular weight is 291 g/mol. The van der Waals surface area contributed by atoms with Crippen molar-refractivity contribution in [3.8, 4) is 11.8 Å². The van der Waals surface area contributed by atoms with Gasteiger partial charge < -0.3 is 16.0 Å². The summed E-state index contributed by atoms with van der Waals surface area (Å²) in [6, 6.07) is 3.83. The minimum atomic E-state index is -0.165. The Morgan fingerprint density at radius 1 is 1.50 bits per heavy atom. The number of hydrogen-bond donors (Lipinski definition) is 2. The molecule has 0 spiro atoms. The maximum Gasteiger partial charge on any atom is 0.264 e. The van der Waals surface area contributed by atoms with Crippen LogP contribution < -0.4 is 11.1 Å². The van der Waals surface area contributed by atoms with Crippen molar-refractivity contribution in [2.24, 2.45) is 5.73 Å². The first-order valence-electron chi connectivity index (χ1n) is 6.43. The van der Waals surface area contributed by atoms with Crippen molar-refractivity contribution in [3.05, 3.63) is 21.9 Å². The Labute approximate surface area is 122 Å². The zero-order valence-corrected chi connectivity index (χ0v) is 12.1. The summed E-state index contributed by atoms with van der Waals surface area (Å²) >= 11 is 1.31. The minimum absolute atomic E-state index is 0.0804. The molecular weight excluding hydrogens is 274 g/mol. The van der Waals surface area contributed by atoms with Gasteiger partial charge in [-0.25, -0.2) is 0 Å². The minimum Gasteiger partial charge on any atom is -0.352 e. The number of thiophene rings is 1. The summed E-state index contributed by atoms with van der Waals surface area (Å²) in [4.78, 5) is 26.6. The predicted molar refractivity (Wildman–Crippen MR) is 78.4 cm³/mol. The van der Waals surface area contributed by atoms with E-state index in [1.807, 2.05) is 0 Å². The summed E-state index contributed by atoms with van der Waals surface area (Å²) in [6.07, 6.45) is 2.08. The molecule has 2 amide bonds. The molecule has 0 unspecified atom stereocenters. The monoisotopic (exact) mass is 291 g/mol. The molecule has 2 rings (SSSR count). The Bertz CT molecular complexity index is 566. The van der Waals surface area contributed by atoms with Crippen molar-refractivity contribution in [2.45, 2.75) is 18.9 Å². The molecule has 106 valence electrons. The van der Waals surface area contributed by atoms with Crippen molar-refractivity contribution in [3.63, 3.8) is 0 Å². The molecule has 0 saturated heterocycles. The number of nitrogens with two attached hydrogens (primary N) is 1. The maximum atomic E-state index is 12.2. The zero-order chi connectivity index (χ0) is 14.5. The van der Waals surface area contributed by atoms with Crippen LogP contribution in [-0.4, -0.2) is 42.9 Å². The first kappa shape index (κ1) is 14.6. The van der Waals surface area contributed by atoms with Gasteiger partial charge in [0.15, 0.2) is 0 Å². The number of rotatable bonds is 4. The number of amides is 2. The van der Waals surface area contributed by atoms with Crippen LogP contribution in [0.1, 0.15) is 27.4 Å². The standard InChI is InChI=1S/C14H17N3O2S/c1-17(9-13(18)16-10-4-5-10)14(19)12-7-6-11(20-12)3-2-8-15/h6-7,10H,4-5,8-9,15H2,1H3,(H,16,18). The Balaban J connectivity index is 1.91. The van der Waals surface area contributed by atoms with Gasteiger partial charge in [-0.3, -0.25) is 9.59 Å². The second-order valence-corrected chi connectivity index (χ2v) is 5.76. The summed E-state index contributed by atoms with van der Waals surface area (Å²) in [5.74, 6) is 5.36. The Kier molecular flexibility index (Phi) is 4.77. The summed E-state index contributed by atoms with van der Waals surface area (Å²) in [6.45, 7) is 0.374. The molecule has 1 aromatic rings. The Morgan fingerprint density at radius 3 is 2.90 bits per heavy atom. The van der Waals surface area contributed by atoms with Gasteiger partial charge in [0.1, 0.15) is 0 Å². The van der Waals surface area contributed by atoms with E-state index in [2.05, 4.69) is 17.2 Å². The lowest BCUT2D eigenvalue weighted by Crippen LogP contribution is -2.38. The van der Waals surface area contributed by atoms with Crippen LogP contribution in [0.5, 0.6) is 0 Å². The molecule has 1 aliphatic rings. The highest BCUT2D eigenvalue weighted by Gasteiger charge is 2.24. The molecule has 0 aliphatic heterocycles. The van der Waals surface area contributed by atoms with E-state index in [0.29, 0.717) is 17.5 Å². The number of nitrogens with zero attached hydrogens (tertiary/aromatic N) is 1. The van der Waals surface area contributed by atoms with Gasteiger partial charge in [-0.15, -0.1) is 11.3 Å². The van der Waals surface area contributed by atoms with Crippen LogP contribution in [0.15, 0.2) is 12.1 Å². The summed E-state index contributed by atoms with van der Waals surface area (Å²) in [5, 5.41) is 2.86. The highest BCUT2D eigenvalue weighted by atomic mass is 32.1. The second-order valence-electron chi connectivity index (χ2n) is 4.67. The van der Waals surface area contributed by atoms with E-state index in [1.54, 1.807) is 19.2 Å². The van der Waals surface area contributed by atoms with Crippen LogP contribution in [0.4, 0.5) is 0 Å². The topological polar surface area (TPSA) is 75.4 Å². The molecule has 1 fully saturated rings. The number of carbonyl (C=O) groups is 2. The molecule has 1 aromatic heterocycles. The van der Waals surface area contributed by atoms with Crippen molar-refractivity contribution < 1.29 is 9.59 Å². The highest BCUT2D eigenvalue weighted by molar-refractivity contribution is 7.14. The third-order valence-electron chi connectivity index (χ3n) is 2.80. The first-order chi connectivity index (χ1) is 9.60. The van der Waals surface area contributed by atoms with Gasteiger partial charge in [0.05, 0.1) is 22.8 Å². The van der Waals surface area contributed by atoms with E-state index in [0.717, 1.165) is 17.7 Å². The molecule has 0 atom stereocenters. The highest BCUT2D eigenvalue weighted by Crippen LogP contribution is 2.19. The maximum absolute atomic E-state index is 12.2. The molecular formula is C14H17N3O2S. The van der Waals surface area contributed by atoms with Gasteiger partial charge in [-0.1, -0.05) is 11.8 Å². The molecule has 6 heteroatoms. The third-order valence-corrected chi connectivity index (χ3v) is 3.79. The normalized spacial score (nSPS) is 13.3. The van der Waals surface area contributed by atoms with Crippen LogP contribution >= 0.6 is 11.3 Å². The van der Waals surface area contributed by atoms with Crippen molar-refractivity contribution >= 4 is 23.2 Å². The average Bonchev–Trinajstić information content (AvgIpc) is 3.10. The number of hydrogen-bond acceptors (Lipinski definition) is 4. The van der Waals surface area contributed by atoms with E-state index in [-0.39, 0.29) is 18.4 Å². The fourth-order valence-electron chi connectivity index (χ4n) is 1.63. The Morgan fingerprint density at radius 2 is 2.25 bits per heavy atom. The first-order valence-corrected chi connectivity index (χ1v) is 7.25. The van der Waals surface area contributed by atoms with E-state index < -0.39 is 0 Å². The lowest BCUT2D eigenvalue weighted by Gasteiger charge is -2.15. The van der Waals surface area contributed by atoms with Gasteiger partial charge in [-0.05, 0) is 25.0 Å². The van der Waals surface area contributed by atoms with Crippen molar-refractivity contribution in [2.75, 3.05) is 20.1 Å². The van der Waals surface area contributed by atoms with Crippen LogP contribution in [0.2, 0.25) is 0 Å². The van der Waals surface area contributed by atoms with Crippen LogP contribution in [0.25, 0.3) is 0 Å². The van der Waals surface area contributed by atoms with E-state index in [4.69, 9.17) is 5.73 Å². The smallest absolute Gasteiger partial charge is 0.264 e. The SMILES string of the molecule is CN(CC(=O)NC1CC1)C(=O)c1ccc(C#CCN)s1. The Hall–Kier alpha value is -1.84. The molecule has 3 N–H and O–H groups in total. The van der Waals surface area contributed by atoms with Crippen molar-refractivity contribution in [1.82, 2.24) is 10.2 Å². The number of likely N-dealkylation sites (N-methyl/N-ethyl adjacent to an activating group) is 1. The molecule has 0 aromatic carbocycles. The molecule has 1 saturated carbocycles. The van der Waals surface area contributed by atoms with Crippen LogP contribution in [0.3, 0.4) is 0 Å². The second kappa shape index (κ2) is 6.55. The third kappa shape index (κ3) is 4.08. The molecule has 0 radical (unpaired) electrons. The van der Waals surface area contributed by atoms with Gasteiger partial charge in [0, 0.05) is 13.1 Å². The lowest BCUT2D eigenvalue weighted by molar-refractivity contribution is -0.121. The zero-order valence-electron chi connectivity index (χ0n) is 11.3. The van der Waals surface area contributed by atoms with Gasteiger partial charge >= 0.3 is 0 Å². The van der Waals surface area contributed by atoms with E-state index in [9.17, 15) is 9.59 Å². The molecule has 5 nitrogen and oxygen atoms in total. The summed E-state index contributed by atoms with van der Waals surface area (Å²) in [5.41, 5.74) is 5.30. The quantitative estimate of drug-likeness (QED) is 0.789. The molecule has 1 heterocycles. The van der Waals surface area contributed by atoms with Gasteiger partial charge in [0.2, 0.25) is 5.91 Å². The van der Waals surface area contributed by atoms with E-state index >= 15 is 0 Å².